The van der Waals surface area contributed by atoms with Crippen LogP contribution in [0.1, 0.15) is 12.8 Å². The van der Waals surface area contributed by atoms with E-state index in [1.54, 1.807) is 23.9 Å². The molecule has 4 nitrogen and oxygen atoms in total. The van der Waals surface area contributed by atoms with E-state index < -0.39 is 0 Å². The Morgan fingerprint density at radius 2 is 1.35 bits per heavy atom. The van der Waals surface area contributed by atoms with Crippen molar-refractivity contribution < 1.29 is 9.59 Å². The SMILES string of the molecule is C=CCNC(=O)CCSCCC(=O)NCC=C. The summed E-state index contributed by atoms with van der Waals surface area (Å²) in [5.74, 6) is 1.51. The number of rotatable bonds is 10. The van der Waals surface area contributed by atoms with Gasteiger partial charge in [0.15, 0.2) is 0 Å². The highest BCUT2D eigenvalue weighted by Gasteiger charge is 2.01. The molecule has 0 heterocycles. The molecule has 17 heavy (non-hydrogen) atoms. The lowest BCUT2D eigenvalue weighted by atomic mass is 10.4. The molecule has 0 bridgehead atoms. The van der Waals surface area contributed by atoms with Gasteiger partial charge in [-0.1, -0.05) is 12.2 Å². The van der Waals surface area contributed by atoms with E-state index in [0.29, 0.717) is 25.9 Å². The highest BCUT2D eigenvalue weighted by molar-refractivity contribution is 7.99. The van der Waals surface area contributed by atoms with Crippen LogP contribution in [0.15, 0.2) is 25.3 Å². The molecular formula is C12H20N2O2S. The number of nitrogens with one attached hydrogen (secondary N) is 2. The van der Waals surface area contributed by atoms with Crippen molar-refractivity contribution in [2.75, 3.05) is 24.6 Å². The minimum Gasteiger partial charge on any atom is -0.353 e. The minimum atomic E-state index is 0.0218. The second kappa shape index (κ2) is 11.3. The zero-order chi connectivity index (χ0) is 12.9. The Hall–Kier alpha value is -1.23. The van der Waals surface area contributed by atoms with Crippen molar-refractivity contribution in [1.82, 2.24) is 10.6 Å². The molecule has 0 radical (unpaired) electrons. The summed E-state index contributed by atoms with van der Waals surface area (Å²) in [6.45, 7) is 8.04. The molecule has 2 amide bonds. The maximum atomic E-state index is 11.2. The van der Waals surface area contributed by atoms with E-state index in [-0.39, 0.29) is 11.8 Å². The third-order valence-corrected chi connectivity index (χ3v) is 2.82. The number of hydrogen-bond acceptors (Lipinski definition) is 3. The lowest BCUT2D eigenvalue weighted by Crippen LogP contribution is -2.24. The highest BCUT2D eigenvalue weighted by atomic mass is 32.2. The van der Waals surface area contributed by atoms with Crippen molar-refractivity contribution in [3.8, 4) is 0 Å². The Bertz CT molecular complexity index is 241. The van der Waals surface area contributed by atoms with E-state index in [2.05, 4.69) is 23.8 Å². The fourth-order valence-electron chi connectivity index (χ4n) is 0.981. The Labute approximate surface area is 107 Å². The first-order valence-electron chi connectivity index (χ1n) is 5.53. The molecule has 0 aromatic carbocycles. The summed E-state index contributed by atoms with van der Waals surface area (Å²) >= 11 is 1.60. The van der Waals surface area contributed by atoms with Gasteiger partial charge in [-0.15, -0.1) is 13.2 Å². The molecule has 5 heteroatoms. The van der Waals surface area contributed by atoms with Gasteiger partial charge in [0.1, 0.15) is 0 Å². The first-order valence-corrected chi connectivity index (χ1v) is 6.69. The maximum Gasteiger partial charge on any atom is 0.221 e. The van der Waals surface area contributed by atoms with Crippen molar-refractivity contribution in [2.24, 2.45) is 0 Å². The van der Waals surface area contributed by atoms with Crippen molar-refractivity contribution in [2.45, 2.75) is 12.8 Å². The molecule has 0 spiro atoms. The van der Waals surface area contributed by atoms with Gasteiger partial charge in [0.05, 0.1) is 0 Å². The zero-order valence-corrected chi connectivity index (χ0v) is 10.9. The predicted molar refractivity (Wildman–Crippen MR) is 73.0 cm³/mol. The molecule has 0 aliphatic heterocycles. The van der Waals surface area contributed by atoms with E-state index >= 15 is 0 Å². The highest BCUT2D eigenvalue weighted by Crippen LogP contribution is 2.04. The van der Waals surface area contributed by atoms with E-state index in [1.165, 1.54) is 0 Å². The molecule has 0 aromatic heterocycles. The van der Waals surface area contributed by atoms with Crippen molar-refractivity contribution in [1.29, 1.82) is 0 Å². The van der Waals surface area contributed by atoms with Gasteiger partial charge < -0.3 is 10.6 Å². The minimum absolute atomic E-state index is 0.0218. The Kier molecular flexibility index (Phi) is 10.4. The predicted octanol–water partition coefficient (Wildman–Crippen LogP) is 1.10. The molecule has 0 rings (SSSR count). The first kappa shape index (κ1) is 15.8. The molecule has 0 aromatic rings. The van der Waals surface area contributed by atoms with Crippen LogP contribution < -0.4 is 10.6 Å². The van der Waals surface area contributed by atoms with Crippen molar-refractivity contribution in [3.63, 3.8) is 0 Å². The van der Waals surface area contributed by atoms with Crippen LogP contribution in [0.5, 0.6) is 0 Å². The third kappa shape index (κ3) is 11.0. The van der Waals surface area contributed by atoms with Crippen LogP contribution in [0.2, 0.25) is 0 Å². The van der Waals surface area contributed by atoms with Crippen LogP contribution in [0.4, 0.5) is 0 Å². The molecule has 0 saturated heterocycles. The molecule has 0 fully saturated rings. The number of carbonyl (C=O) groups excluding carboxylic acids is 2. The average Bonchev–Trinajstić information content (AvgIpc) is 2.33. The van der Waals surface area contributed by atoms with Crippen LogP contribution in [0, 0.1) is 0 Å². The third-order valence-electron chi connectivity index (χ3n) is 1.83. The van der Waals surface area contributed by atoms with Gasteiger partial charge in [0, 0.05) is 37.4 Å². The van der Waals surface area contributed by atoms with Gasteiger partial charge in [-0.3, -0.25) is 9.59 Å². The topological polar surface area (TPSA) is 58.2 Å². The summed E-state index contributed by atoms with van der Waals surface area (Å²) < 4.78 is 0. The fourth-order valence-corrected chi connectivity index (χ4v) is 1.84. The van der Waals surface area contributed by atoms with Gasteiger partial charge in [-0.2, -0.15) is 11.8 Å². The van der Waals surface area contributed by atoms with Crippen molar-refractivity contribution in [3.05, 3.63) is 25.3 Å². The van der Waals surface area contributed by atoms with E-state index in [4.69, 9.17) is 0 Å². The summed E-state index contributed by atoms with van der Waals surface area (Å²) in [4.78, 5) is 22.4. The monoisotopic (exact) mass is 256 g/mol. The molecular weight excluding hydrogens is 236 g/mol. The second-order valence-corrected chi connectivity index (χ2v) is 4.52. The van der Waals surface area contributed by atoms with Crippen LogP contribution in [0.3, 0.4) is 0 Å². The first-order chi connectivity index (χ1) is 8.20. The summed E-state index contributed by atoms with van der Waals surface area (Å²) in [5, 5.41) is 5.40. The number of thioether (sulfide) groups is 1. The van der Waals surface area contributed by atoms with Gasteiger partial charge in [0.25, 0.3) is 0 Å². The molecule has 2 N–H and O–H groups in total. The van der Waals surface area contributed by atoms with Gasteiger partial charge in [-0.25, -0.2) is 0 Å². The normalized spacial score (nSPS) is 9.41. The summed E-state index contributed by atoms with van der Waals surface area (Å²) in [6.07, 6.45) is 4.25. The number of hydrogen-bond donors (Lipinski definition) is 2. The Morgan fingerprint density at radius 1 is 0.941 bits per heavy atom. The standard InChI is InChI=1S/C12H20N2O2S/c1-3-7-13-11(15)5-9-17-10-6-12(16)14-8-4-2/h3-4H,1-2,5-10H2,(H,13,15)(H,14,16). The van der Waals surface area contributed by atoms with E-state index in [1.807, 2.05) is 0 Å². The van der Waals surface area contributed by atoms with Gasteiger partial charge in [-0.05, 0) is 0 Å². The van der Waals surface area contributed by atoms with Crippen LogP contribution in [0.25, 0.3) is 0 Å². The summed E-state index contributed by atoms with van der Waals surface area (Å²) in [5.41, 5.74) is 0. The zero-order valence-electron chi connectivity index (χ0n) is 10.0. The van der Waals surface area contributed by atoms with Crippen molar-refractivity contribution >= 4 is 23.6 Å². The molecule has 0 atom stereocenters. The lowest BCUT2D eigenvalue weighted by Gasteiger charge is -2.03. The molecule has 0 aliphatic carbocycles. The molecule has 0 saturated carbocycles. The van der Waals surface area contributed by atoms with Crippen LogP contribution in [-0.2, 0) is 9.59 Å². The summed E-state index contributed by atoms with van der Waals surface area (Å²) in [6, 6.07) is 0. The molecule has 96 valence electrons. The van der Waals surface area contributed by atoms with Crippen LogP contribution >= 0.6 is 11.8 Å². The quantitative estimate of drug-likeness (QED) is 0.454. The molecule has 0 aliphatic rings. The van der Waals surface area contributed by atoms with E-state index in [0.717, 1.165) is 11.5 Å². The average molecular weight is 256 g/mol. The summed E-state index contributed by atoms with van der Waals surface area (Å²) in [7, 11) is 0. The van der Waals surface area contributed by atoms with Gasteiger partial charge >= 0.3 is 0 Å². The lowest BCUT2D eigenvalue weighted by molar-refractivity contribution is -0.121. The molecule has 0 unspecified atom stereocenters. The smallest absolute Gasteiger partial charge is 0.221 e. The maximum absolute atomic E-state index is 11.2. The van der Waals surface area contributed by atoms with Crippen LogP contribution in [-0.4, -0.2) is 36.4 Å². The van der Waals surface area contributed by atoms with Gasteiger partial charge in [0.2, 0.25) is 11.8 Å². The Morgan fingerprint density at radius 3 is 1.71 bits per heavy atom. The fraction of sp³-hybridized carbons (Fsp3) is 0.500. The number of amides is 2. The largest absolute Gasteiger partial charge is 0.353 e. The van der Waals surface area contributed by atoms with E-state index in [9.17, 15) is 9.59 Å². The second-order valence-electron chi connectivity index (χ2n) is 3.30. The Balaban J connectivity index is 3.33. The number of carbonyl (C=O) groups is 2.